The number of para-hydroxylation sites is 1. The molecule has 0 saturated carbocycles. The van der Waals surface area contributed by atoms with Crippen molar-refractivity contribution in [2.45, 2.75) is 36.0 Å². The maximum Gasteiger partial charge on any atom is 0.411 e. The number of aryl methyl sites for hydroxylation is 1. The molecule has 42 heavy (non-hydrogen) atoms. The van der Waals surface area contributed by atoms with E-state index in [-0.39, 0.29) is 27.9 Å². The SMILES string of the molecule is CCCCc1nc(O)c(S(=O)(=O)c2ccc(-c3ccc(NC(=O)OC)cc3)cc2)c(=O)n1-c1c(OC)cccc1OC. The Morgan fingerprint density at radius 1 is 0.929 bits per heavy atom. The lowest BCUT2D eigenvalue weighted by Crippen LogP contribution is -2.29. The summed E-state index contributed by atoms with van der Waals surface area (Å²) in [6.07, 6.45) is 1.10. The summed E-state index contributed by atoms with van der Waals surface area (Å²) < 4.78 is 44.3. The van der Waals surface area contributed by atoms with Gasteiger partial charge in [0.25, 0.3) is 5.56 Å². The van der Waals surface area contributed by atoms with Gasteiger partial charge < -0.3 is 19.3 Å². The summed E-state index contributed by atoms with van der Waals surface area (Å²) in [5.74, 6) is -0.181. The van der Waals surface area contributed by atoms with Gasteiger partial charge in [-0.05, 0) is 53.9 Å². The van der Waals surface area contributed by atoms with Crippen molar-refractivity contribution in [2.75, 3.05) is 26.6 Å². The lowest BCUT2D eigenvalue weighted by molar-refractivity contribution is 0.187. The van der Waals surface area contributed by atoms with E-state index in [4.69, 9.17) is 9.47 Å². The lowest BCUT2D eigenvalue weighted by atomic mass is 10.1. The van der Waals surface area contributed by atoms with Crippen molar-refractivity contribution in [3.05, 3.63) is 82.9 Å². The highest BCUT2D eigenvalue weighted by molar-refractivity contribution is 7.91. The molecule has 0 saturated heterocycles. The Labute approximate surface area is 243 Å². The van der Waals surface area contributed by atoms with E-state index in [1.54, 1.807) is 54.6 Å². The molecule has 220 valence electrons. The normalized spacial score (nSPS) is 11.1. The molecule has 0 aliphatic rings. The molecule has 0 fully saturated rings. The summed E-state index contributed by atoms with van der Waals surface area (Å²) in [7, 11) is -0.410. The average molecular weight is 594 g/mol. The number of carbonyl (C=O) groups excluding carboxylic acids is 1. The molecule has 2 N–H and O–H groups in total. The van der Waals surface area contributed by atoms with E-state index in [2.05, 4.69) is 15.0 Å². The molecule has 0 atom stereocenters. The Bertz CT molecular complexity index is 1730. The van der Waals surface area contributed by atoms with Crippen molar-refractivity contribution < 1.29 is 32.5 Å². The standard InChI is InChI=1S/C30H31N3O8S/c1-5-6-10-25-32-28(34)27(29(35)33(25)26-23(39-2)8-7-9-24(26)40-3)42(37,38)22-17-13-20(14-18-22)19-11-15-21(16-12-19)31-30(36)41-4/h7-9,11-18,34H,5-6,10H2,1-4H3,(H,31,36). The predicted octanol–water partition coefficient (Wildman–Crippen LogP) is 4.98. The average Bonchev–Trinajstić information content (AvgIpc) is 2.99. The van der Waals surface area contributed by atoms with E-state index < -0.39 is 32.3 Å². The third kappa shape index (κ3) is 5.93. The quantitative estimate of drug-likeness (QED) is 0.260. The maximum absolute atomic E-state index is 14.0. The second kappa shape index (κ2) is 12.8. The number of anilines is 1. The Balaban J connectivity index is 1.81. The first-order chi connectivity index (χ1) is 20.2. The number of hydrogen-bond donors (Lipinski definition) is 2. The topological polar surface area (TPSA) is 146 Å². The molecule has 1 amide bonds. The Hall–Kier alpha value is -4.84. The highest BCUT2D eigenvalue weighted by atomic mass is 32.2. The van der Waals surface area contributed by atoms with Crippen LogP contribution in [0, 0.1) is 0 Å². The number of rotatable bonds is 10. The summed E-state index contributed by atoms with van der Waals surface area (Å²) in [6.45, 7) is 1.96. The number of methoxy groups -OCH3 is 3. The number of sulfone groups is 1. The van der Waals surface area contributed by atoms with Crippen LogP contribution >= 0.6 is 0 Å². The van der Waals surface area contributed by atoms with Gasteiger partial charge in [-0.15, -0.1) is 0 Å². The molecule has 3 aromatic carbocycles. The van der Waals surface area contributed by atoms with Crippen molar-refractivity contribution in [3.8, 4) is 34.2 Å². The van der Waals surface area contributed by atoms with Crippen molar-refractivity contribution in [3.63, 3.8) is 0 Å². The first kappa shape index (κ1) is 30.1. The Morgan fingerprint density at radius 3 is 2.02 bits per heavy atom. The van der Waals surface area contributed by atoms with Crippen LogP contribution in [0.3, 0.4) is 0 Å². The van der Waals surface area contributed by atoms with Crippen LogP contribution in [0.4, 0.5) is 10.5 Å². The van der Waals surface area contributed by atoms with Gasteiger partial charge in [-0.1, -0.05) is 43.7 Å². The molecule has 0 unspecified atom stereocenters. The molecule has 4 rings (SSSR count). The van der Waals surface area contributed by atoms with E-state index in [1.165, 1.54) is 33.5 Å². The molecule has 11 nitrogen and oxygen atoms in total. The molecular weight excluding hydrogens is 562 g/mol. The fourth-order valence-corrected chi connectivity index (χ4v) is 5.75. The zero-order valence-corrected chi connectivity index (χ0v) is 24.4. The first-order valence-corrected chi connectivity index (χ1v) is 14.5. The lowest BCUT2D eigenvalue weighted by Gasteiger charge is -2.19. The molecule has 0 aliphatic heterocycles. The van der Waals surface area contributed by atoms with Crippen molar-refractivity contribution in [1.29, 1.82) is 0 Å². The fraction of sp³-hybridized carbons (Fsp3) is 0.233. The predicted molar refractivity (Wildman–Crippen MR) is 157 cm³/mol. The fourth-order valence-electron chi connectivity index (χ4n) is 4.42. The summed E-state index contributed by atoms with van der Waals surface area (Å²) in [5.41, 5.74) is 1.17. The van der Waals surface area contributed by atoms with Crippen LogP contribution in [0.1, 0.15) is 25.6 Å². The van der Waals surface area contributed by atoms with Gasteiger partial charge in [0, 0.05) is 12.1 Å². The Kier molecular flexibility index (Phi) is 9.16. The summed E-state index contributed by atoms with van der Waals surface area (Å²) in [5, 5.41) is 13.4. The van der Waals surface area contributed by atoms with E-state index in [9.17, 15) is 23.1 Å². The molecule has 0 spiro atoms. The van der Waals surface area contributed by atoms with E-state index >= 15 is 0 Å². The third-order valence-electron chi connectivity index (χ3n) is 6.56. The second-order valence-electron chi connectivity index (χ2n) is 9.16. The number of nitrogens with zero attached hydrogens (tertiary/aromatic N) is 2. The molecular formula is C30H31N3O8S. The highest BCUT2D eigenvalue weighted by Crippen LogP contribution is 2.34. The van der Waals surface area contributed by atoms with Gasteiger partial charge in [0.05, 0.1) is 26.2 Å². The van der Waals surface area contributed by atoms with Crippen LogP contribution < -0.4 is 20.3 Å². The summed E-state index contributed by atoms with van der Waals surface area (Å²) >= 11 is 0. The summed E-state index contributed by atoms with van der Waals surface area (Å²) in [6, 6.07) is 17.6. The van der Waals surface area contributed by atoms with Gasteiger partial charge in [-0.25, -0.2) is 13.2 Å². The van der Waals surface area contributed by atoms with Crippen LogP contribution in [0.15, 0.2) is 81.3 Å². The molecule has 1 heterocycles. The highest BCUT2D eigenvalue weighted by Gasteiger charge is 2.31. The van der Waals surface area contributed by atoms with Crippen molar-refractivity contribution >= 4 is 21.6 Å². The van der Waals surface area contributed by atoms with Gasteiger partial charge >= 0.3 is 6.09 Å². The first-order valence-electron chi connectivity index (χ1n) is 13.0. The van der Waals surface area contributed by atoms with E-state index in [0.29, 0.717) is 24.1 Å². The minimum atomic E-state index is -4.52. The minimum Gasteiger partial charge on any atom is -0.494 e. The molecule has 0 radical (unpaired) electrons. The zero-order chi connectivity index (χ0) is 30.4. The molecule has 12 heteroatoms. The van der Waals surface area contributed by atoms with Gasteiger partial charge in [-0.2, -0.15) is 4.98 Å². The van der Waals surface area contributed by atoms with Crippen LogP contribution in [0.2, 0.25) is 0 Å². The number of aromatic nitrogens is 2. The van der Waals surface area contributed by atoms with Gasteiger partial charge in [0.1, 0.15) is 23.0 Å². The van der Waals surface area contributed by atoms with Crippen molar-refractivity contribution in [2.24, 2.45) is 0 Å². The largest absolute Gasteiger partial charge is 0.494 e. The van der Waals surface area contributed by atoms with E-state index in [0.717, 1.165) is 16.6 Å². The second-order valence-corrected chi connectivity index (χ2v) is 11.0. The smallest absolute Gasteiger partial charge is 0.411 e. The minimum absolute atomic E-state index is 0.168. The monoisotopic (exact) mass is 593 g/mol. The van der Waals surface area contributed by atoms with Crippen molar-refractivity contribution in [1.82, 2.24) is 9.55 Å². The number of unbranched alkanes of at least 4 members (excludes halogenated alkanes) is 1. The number of nitrogens with one attached hydrogen (secondary N) is 1. The van der Waals surface area contributed by atoms with Crippen LogP contribution in [-0.2, 0) is 21.0 Å². The van der Waals surface area contributed by atoms with Crippen LogP contribution in [0.5, 0.6) is 17.4 Å². The molecule has 1 aromatic heterocycles. The number of amides is 1. The maximum atomic E-state index is 14.0. The van der Waals surface area contributed by atoms with Crippen LogP contribution in [-0.4, -0.2) is 50.5 Å². The van der Waals surface area contributed by atoms with Gasteiger partial charge in [0.15, 0.2) is 4.90 Å². The van der Waals surface area contributed by atoms with Gasteiger partial charge in [0.2, 0.25) is 15.7 Å². The van der Waals surface area contributed by atoms with E-state index in [1.807, 2.05) is 6.92 Å². The number of hydrogen-bond acceptors (Lipinski definition) is 9. The number of benzene rings is 3. The number of ether oxygens (including phenoxy) is 3. The molecule has 0 aliphatic carbocycles. The summed E-state index contributed by atoms with van der Waals surface area (Å²) in [4.78, 5) is 28.5. The molecule has 4 aromatic rings. The Morgan fingerprint density at radius 2 is 1.50 bits per heavy atom. The van der Waals surface area contributed by atoms with Gasteiger partial charge in [-0.3, -0.25) is 14.7 Å². The number of carbonyl (C=O) groups is 1. The van der Waals surface area contributed by atoms with Crippen LogP contribution in [0.25, 0.3) is 16.8 Å². The molecule has 0 bridgehead atoms. The zero-order valence-electron chi connectivity index (χ0n) is 23.6. The number of aromatic hydroxyl groups is 1. The third-order valence-corrected chi connectivity index (χ3v) is 8.34.